The number of piperidine rings is 1. The normalized spacial score (nSPS) is 17.0. The number of rotatable bonds is 6. The Hall–Kier alpha value is -2.56. The lowest BCUT2D eigenvalue weighted by molar-refractivity contribution is -0.116. The number of aryl methyl sites for hydroxylation is 1. The molecule has 1 N–H and O–H groups in total. The van der Waals surface area contributed by atoms with Crippen molar-refractivity contribution in [1.82, 2.24) is 4.98 Å². The summed E-state index contributed by atoms with van der Waals surface area (Å²) >= 11 is 0. The zero-order valence-corrected chi connectivity index (χ0v) is 15.6. The Morgan fingerprint density at radius 3 is 2.96 bits per heavy atom. The highest BCUT2D eigenvalue weighted by Crippen LogP contribution is 2.25. The number of carbonyl (C=O) groups excluding carboxylic acids is 1. The fourth-order valence-corrected chi connectivity index (χ4v) is 3.50. The number of ether oxygens (including phenoxy) is 1. The van der Waals surface area contributed by atoms with Crippen LogP contribution in [0.25, 0.3) is 0 Å². The lowest BCUT2D eigenvalue weighted by Gasteiger charge is -2.33. The van der Waals surface area contributed by atoms with Gasteiger partial charge in [-0.05, 0) is 68.0 Å². The van der Waals surface area contributed by atoms with Crippen LogP contribution in [0, 0.1) is 12.8 Å². The van der Waals surface area contributed by atoms with Crippen LogP contribution in [0.15, 0.2) is 42.6 Å². The van der Waals surface area contributed by atoms with E-state index in [0.717, 1.165) is 48.7 Å². The van der Waals surface area contributed by atoms with E-state index in [1.165, 1.54) is 6.42 Å². The van der Waals surface area contributed by atoms with Crippen LogP contribution in [0.5, 0.6) is 5.75 Å². The number of nitrogens with one attached hydrogen (secondary N) is 1. The fourth-order valence-electron chi connectivity index (χ4n) is 3.50. The zero-order chi connectivity index (χ0) is 18.4. The van der Waals surface area contributed by atoms with Crippen molar-refractivity contribution < 1.29 is 9.53 Å². The number of methoxy groups -OCH3 is 1. The minimum atomic E-state index is 0.0771. The third-order valence-electron chi connectivity index (χ3n) is 4.98. The highest BCUT2D eigenvalue weighted by molar-refractivity contribution is 5.91. The van der Waals surface area contributed by atoms with Crippen LogP contribution >= 0.6 is 0 Å². The summed E-state index contributed by atoms with van der Waals surface area (Å²) in [4.78, 5) is 19.1. The van der Waals surface area contributed by atoms with Gasteiger partial charge in [0.15, 0.2) is 0 Å². The van der Waals surface area contributed by atoms with Gasteiger partial charge in [0.25, 0.3) is 0 Å². The zero-order valence-electron chi connectivity index (χ0n) is 15.6. The van der Waals surface area contributed by atoms with E-state index in [2.05, 4.69) is 21.3 Å². The van der Waals surface area contributed by atoms with Crippen LogP contribution < -0.4 is 15.0 Å². The second-order valence-corrected chi connectivity index (χ2v) is 6.91. The van der Waals surface area contributed by atoms with E-state index in [9.17, 15) is 4.79 Å². The van der Waals surface area contributed by atoms with Gasteiger partial charge < -0.3 is 15.0 Å². The van der Waals surface area contributed by atoms with Crippen LogP contribution in [0.2, 0.25) is 0 Å². The summed E-state index contributed by atoms with van der Waals surface area (Å²) in [6.07, 6.45) is 5.62. The smallest absolute Gasteiger partial charge is 0.224 e. The largest absolute Gasteiger partial charge is 0.497 e. The highest BCUT2D eigenvalue weighted by Gasteiger charge is 2.21. The standard InChI is InChI=1S/C21H27N3O2/c1-16-14-18(26-2)9-10-19(16)23-21(25)11-8-17-6-5-13-24(15-17)20-7-3-4-12-22-20/h3-4,7,9-10,12,14,17H,5-6,8,11,13,15H2,1-2H3,(H,23,25). The summed E-state index contributed by atoms with van der Waals surface area (Å²) < 4.78 is 5.21. The number of pyridine rings is 1. The first-order valence-corrected chi connectivity index (χ1v) is 9.26. The van der Waals surface area contributed by atoms with Gasteiger partial charge in [-0.2, -0.15) is 0 Å². The molecule has 1 aromatic heterocycles. The molecule has 0 aliphatic carbocycles. The Bertz CT molecular complexity index is 733. The molecule has 1 fully saturated rings. The molecule has 1 saturated heterocycles. The van der Waals surface area contributed by atoms with Crippen molar-refractivity contribution in [3.63, 3.8) is 0 Å². The van der Waals surface area contributed by atoms with Crippen molar-refractivity contribution in [2.45, 2.75) is 32.6 Å². The minimum absolute atomic E-state index is 0.0771. The number of hydrogen-bond donors (Lipinski definition) is 1. The van der Waals surface area contributed by atoms with Gasteiger partial charge in [-0.1, -0.05) is 6.07 Å². The van der Waals surface area contributed by atoms with E-state index in [-0.39, 0.29) is 5.91 Å². The molecule has 0 bridgehead atoms. The summed E-state index contributed by atoms with van der Waals surface area (Å²) in [7, 11) is 1.64. The molecule has 138 valence electrons. The van der Waals surface area contributed by atoms with Crippen molar-refractivity contribution in [3.05, 3.63) is 48.2 Å². The van der Waals surface area contributed by atoms with E-state index >= 15 is 0 Å². The average Bonchev–Trinajstić information content (AvgIpc) is 2.69. The Balaban J connectivity index is 1.50. The van der Waals surface area contributed by atoms with Gasteiger partial charge >= 0.3 is 0 Å². The van der Waals surface area contributed by atoms with E-state index in [1.54, 1.807) is 7.11 Å². The Morgan fingerprint density at radius 1 is 1.35 bits per heavy atom. The van der Waals surface area contributed by atoms with E-state index in [4.69, 9.17) is 4.74 Å². The lowest BCUT2D eigenvalue weighted by atomic mass is 9.93. The number of anilines is 2. The van der Waals surface area contributed by atoms with Crippen molar-refractivity contribution in [2.24, 2.45) is 5.92 Å². The molecule has 5 heteroatoms. The van der Waals surface area contributed by atoms with Crippen LogP contribution in [0.4, 0.5) is 11.5 Å². The van der Waals surface area contributed by atoms with Crippen LogP contribution in [-0.2, 0) is 4.79 Å². The molecule has 1 aliphatic rings. The molecule has 5 nitrogen and oxygen atoms in total. The molecule has 0 spiro atoms. The molecule has 0 saturated carbocycles. The van der Waals surface area contributed by atoms with Gasteiger partial charge in [0.1, 0.15) is 11.6 Å². The molecule has 2 aromatic rings. The predicted octanol–water partition coefficient (Wildman–Crippen LogP) is 4.03. The highest BCUT2D eigenvalue weighted by atomic mass is 16.5. The van der Waals surface area contributed by atoms with Gasteiger partial charge in [-0.25, -0.2) is 4.98 Å². The second-order valence-electron chi connectivity index (χ2n) is 6.91. The number of carbonyl (C=O) groups is 1. The molecule has 1 unspecified atom stereocenters. The van der Waals surface area contributed by atoms with Crippen molar-refractivity contribution >= 4 is 17.4 Å². The molecule has 26 heavy (non-hydrogen) atoms. The van der Waals surface area contributed by atoms with Crippen LogP contribution in [0.3, 0.4) is 0 Å². The Morgan fingerprint density at radius 2 is 2.23 bits per heavy atom. The second kappa shape index (κ2) is 8.70. The molecular formula is C21H27N3O2. The number of amides is 1. The fraction of sp³-hybridized carbons (Fsp3) is 0.429. The first kappa shape index (κ1) is 18.2. The third kappa shape index (κ3) is 4.75. The molecular weight excluding hydrogens is 326 g/mol. The van der Waals surface area contributed by atoms with Crippen molar-refractivity contribution in [3.8, 4) is 5.75 Å². The summed E-state index contributed by atoms with van der Waals surface area (Å²) in [6.45, 7) is 4.00. The monoisotopic (exact) mass is 353 g/mol. The molecule has 1 atom stereocenters. The summed E-state index contributed by atoms with van der Waals surface area (Å²) in [6, 6.07) is 11.7. The first-order valence-electron chi connectivity index (χ1n) is 9.26. The first-order chi connectivity index (χ1) is 12.7. The van der Waals surface area contributed by atoms with E-state index in [1.807, 2.05) is 43.5 Å². The van der Waals surface area contributed by atoms with Crippen molar-refractivity contribution in [2.75, 3.05) is 30.4 Å². The molecule has 3 rings (SSSR count). The number of aromatic nitrogens is 1. The summed E-state index contributed by atoms with van der Waals surface area (Å²) in [5.74, 6) is 2.45. The molecule has 0 radical (unpaired) electrons. The Kier molecular flexibility index (Phi) is 6.10. The predicted molar refractivity (Wildman–Crippen MR) is 105 cm³/mol. The summed E-state index contributed by atoms with van der Waals surface area (Å²) in [5, 5.41) is 3.02. The van der Waals surface area contributed by atoms with Crippen LogP contribution in [-0.4, -0.2) is 31.1 Å². The molecule has 1 amide bonds. The minimum Gasteiger partial charge on any atom is -0.497 e. The van der Waals surface area contributed by atoms with E-state index < -0.39 is 0 Å². The maximum atomic E-state index is 12.3. The lowest BCUT2D eigenvalue weighted by Crippen LogP contribution is -2.36. The van der Waals surface area contributed by atoms with Gasteiger partial charge in [-0.3, -0.25) is 4.79 Å². The number of hydrogen-bond acceptors (Lipinski definition) is 4. The summed E-state index contributed by atoms with van der Waals surface area (Å²) in [5.41, 5.74) is 1.87. The van der Waals surface area contributed by atoms with Gasteiger partial charge in [0, 0.05) is 31.4 Å². The maximum absolute atomic E-state index is 12.3. The molecule has 2 heterocycles. The Labute approximate surface area is 155 Å². The SMILES string of the molecule is COc1ccc(NC(=O)CCC2CCCN(c3ccccn3)C2)c(C)c1. The van der Waals surface area contributed by atoms with Gasteiger partial charge in [0.2, 0.25) is 5.91 Å². The van der Waals surface area contributed by atoms with Crippen molar-refractivity contribution in [1.29, 1.82) is 0 Å². The molecule has 1 aliphatic heterocycles. The van der Waals surface area contributed by atoms with Gasteiger partial charge in [0.05, 0.1) is 7.11 Å². The van der Waals surface area contributed by atoms with Crippen LogP contribution in [0.1, 0.15) is 31.2 Å². The van der Waals surface area contributed by atoms with E-state index in [0.29, 0.717) is 12.3 Å². The number of benzene rings is 1. The third-order valence-corrected chi connectivity index (χ3v) is 4.98. The van der Waals surface area contributed by atoms with Gasteiger partial charge in [-0.15, -0.1) is 0 Å². The average molecular weight is 353 g/mol. The maximum Gasteiger partial charge on any atom is 0.224 e. The quantitative estimate of drug-likeness (QED) is 0.852. The number of nitrogens with zero attached hydrogens (tertiary/aromatic N) is 2. The molecule has 1 aromatic carbocycles. The topological polar surface area (TPSA) is 54.5 Å².